The number of nitrogens with zero attached hydrogens (tertiary/aromatic N) is 2. The third kappa shape index (κ3) is 2.99. The average Bonchev–Trinajstić information content (AvgIpc) is 3.24. The highest BCUT2D eigenvalue weighted by Crippen LogP contribution is 2.35. The maximum absolute atomic E-state index is 5.38. The van der Waals surface area contributed by atoms with Crippen LogP contribution in [0.2, 0.25) is 0 Å². The number of likely N-dealkylation sites (tertiary alicyclic amines) is 1. The minimum Gasteiger partial charge on any atom is -0.497 e. The fourth-order valence-electron chi connectivity index (χ4n) is 3.51. The highest BCUT2D eigenvalue weighted by Gasteiger charge is 2.23. The quantitative estimate of drug-likeness (QED) is 0.787. The normalized spacial score (nSPS) is 16.9. The Balaban J connectivity index is 1.47. The van der Waals surface area contributed by atoms with E-state index in [4.69, 9.17) is 4.74 Å². The lowest BCUT2D eigenvalue weighted by atomic mass is 9.89. The van der Waals surface area contributed by atoms with Crippen LogP contribution in [0.1, 0.15) is 29.3 Å². The van der Waals surface area contributed by atoms with Crippen molar-refractivity contribution in [3.05, 3.63) is 46.5 Å². The number of ether oxygens (including phenoxy) is 1. The maximum atomic E-state index is 5.38. The Morgan fingerprint density at radius 2 is 2.22 bits per heavy atom. The van der Waals surface area contributed by atoms with Crippen molar-refractivity contribution in [2.75, 3.05) is 20.2 Å². The van der Waals surface area contributed by atoms with Crippen LogP contribution in [0.4, 0.5) is 0 Å². The molecule has 0 spiro atoms. The van der Waals surface area contributed by atoms with Crippen LogP contribution in [-0.2, 0) is 6.54 Å². The number of benzene rings is 1. The van der Waals surface area contributed by atoms with E-state index in [9.17, 15) is 0 Å². The van der Waals surface area contributed by atoms with Gasteiger partial charge in [-0.15, -0.1) is 11.3 Å². The summed E-state index contributed by atoms with van der Waals surface area (Å²) >= 11 is 1.75. The van der Waals surface area contributed by atoms with E-state index in [0.717, 1.165) is 25.4 Å². The van der Waals surface area contributed by atoms with Gasteiger partial charge in [-0.3, -0.25) is 4.90 Å². The van der Waals surface area contributed by atoms with Crippen LogP contribution in [0.5, 0.6) is 5.75 Å². The van der Waals surface area contributed by atoms with Crippen LogP contribution in [-0.4, -0.2) is 35.1 Å². The molecule has 0 bridgehead atoms. The van der Waals surface area contributed by atoms with Crippen LogP contribution < -0.4 is 4.74 Å². The maximum Gasteiger partial charge on any atom is 0.119 e. The molecule has 0 saturated carbocycles. The third-order valence-electron chi connectivity index (χ3n) is 4.79. The van der Waals surface area contributed by atoms with Crippen LogP contribution in [0.25, 0.3) is 10.9 Å². The summed E-state index contributed by atoms with van der Waals surface area (Å²) in [5.41, 5.74) is 2.64. The van der Waals surface area contributed by atoms with Gasteiger partial charge in [-0.1, -0.05) is 0 Å². The molecule has 4 nitrogen and oxygen atoms in total. The molecule has 1 fully saturated rings. The molecule has 0 unspecified atom stereocenters. The predicted octanol–water partition coefficient (Wildman–Crippen LogP) is 4.01. The number of aromatic nitrogens is 2. The number of H-pyrrole nitrogens is 1. The summed E-state index contributed by atoms with van der Waals surface area (Å²) in [6, 6.07) is 6.28. The zero-order valence-corrected chi connectivity index (χ0v) is 14.1. The Morgan fingerprint density at radius 1 is 1.35 bits per heavy atom. The molecule has 1 aliphatic rings. The molecule has 0 radical (unpaired) electrons. The molecule has 3 aromatic rings. The standard InChI is InChI=1S/C18H21N3OS/c1-22-14-2-3-17-15(10-14)16(11-20-17)13-4-7-21(8-5-13)12-18-19-6-9-23-18/h2-3,6,9-11,13,20H,4-5,7-8,12H2,1H3. The summed E-state index contributed by atoms with van der Waals surface area (Å²) in [4.78, 5) is 10.3. The molecule has 0 aliphatic carbocycles. The fourth-order valence-corrected chi connectivity index (χ4v) is 4.17. The second kappa shape index (κ2) is 6.34. The number of piperidine rings is 1. The molecule has 1 saturated heterocycles. The SMILES string of the molecule is COc1ccc2[nH]cc(C3CCN(Cc4nccs4)CC3)c2c1. The molecule has 1 N–H and O–H groups in total. The van der Waals surface area contributed by atoms with E-state index >= 15 is 0 Å². The number of hydrogen-bond acceptors (Lipinski definition) is 4. The smallest absolute Gasteiger partial charge is 0.119 e. The van der Waals surface area contributed by atoms with Crippen LogP contribution in [0, 0.1) is 0 Å². The van der Waals surface area contributed by atoms with E-state index in [-0.39, 0.29) is 0 Å². The van der Waals surface area contributed by atoms with Crippen LogP contribution in [0.3, 0.4) is 0 Å². The van der Waals surface area contributed by atoms with Gasteiger partial charge >= 0.3 is 0 Å². The van der Waals surface area contributed by atoms with Gasteiger partial charge in [-0.25, -0.2) is 4.98 Å². The molecular formula is C18H21N3OS. The van der Waals surface area contributed by atoms with Gasteiger partial charge in [0, 0.05) is 28.7 Å². The first-order valence-electron chi connectivity index (χ1n) is 8.09. The lowest BCUT2D eigenvalue weighted by Crippen LogP contribution is -2.32. The molecule has 5 heteroatoms. The van der Waals surface area contributed by atoms with Crippen molar-refractivity contribution in [3.8, 4) is 5.75 Å². The van der Waals surface area contributed by atoms with Gasteiger partial charge in [0.05, 0.1) is 13.7 Å². The molecule has 2 aromatic heterocycles. The Bertz CT molecular complexity index is 773. The second-order valence-electron chi connectivity index (χ2n) is 6.13. The lowest BCUT2D eigenvalue weighted by Gasteiger charge is -2.31. The summed E-state index contributed by atoms with van der Waals surface area (Å²) in [6.45, 7) is 3.27. The van der Waals surface area contributed by atoms with Gasteiger partial charge in [0.25, 0.3) is 0 Å². The Labute approximate surface area is 140 Å². The van der Waals surface area contributed by atoms with Gasteiger partial charge in [0.2, 0.25) is 0 Å². The number of methoxy groups -OCH3 is 1. The minimum atomic E-state index is 0.628. The van der Waals surface area contributed by atoms with E-state index in [1.807, 2.05) is 12.3 Å². The molecule has 0 atom stereocenters. The Hall–Kier alpha value is -1.85. The van der Waals surface area contributed by atoms with Gasteiger partial charge in [-0.05, 0) is 55.6 Å². The first-order chi connectivity index (χ1) is 11.3. The summed E-state index contributed by atoms with van der Waals surface area (Å²) in [5.74, 6) is 1.56. The van der Waals surface area contributed by atoms with Crippen LogP contribution >= 0.6 is 11.3 Å². The number of thiazole rings is 1. The first-order valence-corrected chi connectivity index (χ1v) is 8.97. The molecule has 1 aromatic carbocycles. The second-order valence-corrected chi connectivity index (χ2v) is 7.11. The summed E-state index contributed by atoms with van der Waals surface area (Å²) in [7, 11) is 1.73. The number of rotatable bonds is 4. The van der Waals surface area contributed by atoms with Crippen molar-refractivity contribution in [1.82, 2.24) is 14.9 Å². The molecule has 0 amide bonds. The van der Waals surface area contributed by atoms with Crippen molar-refractivity contribution in [1.29, 1.82) is 0 Å². The highest BCUT2D eigenvalue weighted by atomic mass is 32.1. The molecular weight excluding hydrogens is 306 g/mol. The van der Waals surface area contributed by atoms with Crippen LogP contribution in [0.15, 0.2) is 36.0 Å². The molecule has 1 aliphatic heterocycles. The molecule has 23 heavy (non-hydrogen) atoms. The summed E-state index contributed by atoms with van der Waals surface area (Å²) in [6.07, 6.45) is 6.49. The monoisotopic (exact) mass is 327 g/mol. The Morgan fingerprint density at radius 3 is 2.96 bits per heavy atom. The van der Waals surface area contributed by atoms with E-state index in [1.54, 1.807) is 18.4 Å². The zero-order chi connectivity index (χ0) is 15.6. The van der Waals surface area contributed by atoms with Crippen molar-refractivity contribution in [2.24, 2.45) is 0 Å². The van der Waals surface area contributed by atoms with Crippen molar-refractivity contribution in [3.63, 3.8) is 0 Å². The summed E-state index contributed by atoms with van der Waals surface area (Å²) in [5, 5.41) is 4.59. The van der Waals surface area contributed by atoms with E-state index in [1.165, 1.54) is 34.3 Å². The first kappa shape index (κ1) is 14.7. The average molecular weight is 327 g/mol. The van der Waals surface area contributed by atoms with Gasteiger partial charge in [0.15, 0.2) is 0 Å². The topological polar surface area (TPSA) is 41.1 Å². The van der Waals surface area contributed by atoms with E-state index < -0.39 is 0 Å². The molecule has 120 valence electrons. The fraction of sp³-hybridized carbons (Fsp3) is 0.389. The Kier molecular flexibility index (Phi) is 4.06. The number of hydrogen-bond donors (Lipinski definition) is 1. The predicted molar refractivity (Wildman–Crippen MR) is 94.2 cm³/mol. The van der Waals surface area contributed by atoms with Crippen molar-refractivity contribution in [2.45, 2.75) is 25.3 Å². The summed E-state index contributed by atoms with van der Waals surface area (Å²) < 4.78 is 5.38. The highest BCUT2D eigenvalue weighted by molar-refractivity contribution is 7.09. The number of fused-ring (bicyclic) bond motifs is 1. The van der Waals surface area contributed by atoms with Crippen molar-refractivity contribution >= 4 is 22.2 Å². The zero-order valence-electron chi connectivity index (χ0n) is 13.3. The van der Waals surface area contributed by atoms with E-state index in [2.05, 4.69) is 38.6 Å². The van der Waals surface area contributed by atoms with Gasteiger partial charge in [0.1, 0.15) is 10.8 Å². The third-order valence-corrected chi connectivity index (χ3v) is 5.56. The molecule has 4 rings (SSSR count). The number of aromatic amines is 1. The minimum absolute atomic E-state index is 0.628. The van der Waals surface area contributed by atoms with Gasteiger partial charge in [-0.2, -0.15) is 0 Å². The van der Waals surface area contributed by atoms with Crippen molar-refractivity contribution < 1.29 is 4.74 Å². The number of nitrogens with one attached hydrogen (secondary N) is 1. The lowest BCUT2D eigenvalue weighted by molar-refractivity contribution is 0.205. The van der Waals surface area contributed by atoms with E-state index in [0.29, 0.717) is 5.92 Å². The van der Waals surface area contributed by atoms with Gasteiger partial charge < -0.3 is 9.72 Å². The molecule has 3 heterocycles. The largest absolute Gasteiger partial charge is 0.497 e.